The summed E-state index contributed by atoms with van der Waals surface area (Å²) in [7, 11) is 0. The summed E-state index contributed by atoms with van der Waals surface area (Å²) in [6.07, 6.45) is 3.37. The number of ether oxygens (including phenoxy) is 2. The maximum atomic E-state index is 14.2. The van der Waals surface area contributed by atoms with E-state index in [4.69, 9.17) is 26.8 Å². The maximum absolute atomic E-state index is 14.2. The highest BCUT2D eigenvalue weighted by Crippen LogP contribution is 2.25. The molecule has 1 aromatic carbocycles. The third kappa shape index (κ3) is 3.63. The Morgan fingerprint density at radius 1 is 1.39 bits per heavy atom. The topological polar surface area (TPSA) is 62.3 Å². The second-order valence-electron chi connectivity index (χ2n) is 5.44. The number of aromatic nitrogens is 2. The van der Waals surface area contributed by atoms with Gasteiger partial charge in [-0.15, -0.1) is 0 Å². The van der Waals surface area contributed by atoms with Crippen LogP contribution in [0.25, 0.3) is 5.69 Å². The Labute approximate surface area is 136 Å². The second kappa shape index (κ2) is 6.82. The van der Waals surface area contributed by atoms with E-state index in [2.05, 4.69) is 5.10 Å². The summed E-state index contributed by atoms with van der Waals surface area (Å²) in [5.74, 6) is -1.48. The SMILES string of the molecule is N[C@H]1CCOC[C@@H]1COc1cc(F)c(-n2cc(Cl)cn2)c(F)c1. The van der Waals surface area contributed by atoms with Crippen molar-refractivity contribution in [3.63, 3.8) is 0 Å². The van der Waals surface area contributed by atoms with Crippen molar-refractivity contribution in [1.82, 2.24) is 9.78 Å². The van der Waals surface area contributed by atoms with Gasteiger partial charge in [0.25, 0.3) is 0 Å². The molecule has 0 spiro atoms. The van der Waals surface area contributed by atoms with Crippen molar-refractivity contribution in [2.24, 2.45) is 11.7 Å². The Morgan fingerprint density at radius 3 is 2.74 bits per heavy atom. The van der Waals surface area contributed by atoms with Gasteiger partial charge in [-0.2, -0.15) is 5.10 Å². The second-order valence-corrected chi connectivity index (χ2v) is 5.87. The summed E-state index contributed by atoms with van der Waals surface area (Å²) in [5.41, 5.74) is 5.67. The summed E-state index contributed by atoms with van der Waals surface area (Å²) in [4.78, 5) is 0. The van der Waals surface area contributed by atoms with E-state index in [-0.39, 0.29) is 35.0 Å². The third-order valence-corrected chi connectivity index (χ3v) is 3.96. The molecule has 1 fully saturated rings. The Morgan fingerprint density at radius 2 is 2.13 bits per heavy atom. The van der Waals surface area contributed by atoms with Crippen LogP contribution in [0.5, 0.6) is 5.75 Å². The molecule has 0 bridgehead atoms. The number of nitrogens with zero attached hydrogens (tertiary/aromatic N) is 2. The molecule has 0 amide bonds. The molecular formula is C15H16ClF2N3O2. The molecule has 2 aromatic rings. The van der Waals surface area contributed by atoms with Crippen LogP contribution in [0.2, 0.25) is 5.02 Å². The Hall–Kier alpha value is -1.70. The first-order valence-corrected chi connectivity index (χ1v) is 7.58. The van der Waals surface area contributed by atoms with E-state index in [0.717, 1.165) is 23.2 Å². The molecular weight excluding hydrogens is 328 g/mol. The van der Waals surface area contributed by atoms with Gasteiger partial charge in [-0.25, -0.2) is 13.5 Å². The smallest absolute Gasteiger partial charge is 0.155 e. The monoisotopic (exact) mass is 343 g/mol. The molecule has 2 heterocycles. The van der Waals surface area contributed by atoms with Crippen molar-refractivity contribution in [3.8, 4) is 11.4 Å². The van der Waals surface area contributed by atoms with Crippen LogP contribution in [0.15, 0.2) is 24.5 Å². The lowest BCUT2D eigenvalue weighted by Gasteiger charge is -2.28. The molecule has 8 heteroatoms. The van der Waals surface area contributed by atoms with E-state index >= 15 is 0 Å². The first kappa shape index (κ1) is 16.2. The van der Waals surface area contributed by atoms with E-state index in [9.17, 15) is 8.78 Å². The van der Waals surface area contributed by atoms with Crippen molar-refractivity contribution in [1.29, 1.82) is 0 Å². The molecule has 2 N–H and O–H groups in total. The van der Waals surface area contributed by atoms with Gasteiger partial charge in [-0.3, -0.25) is 0 Å². The minimum atomic E-state index is -0.788. The van der Waals surface area contributed by atoms with Gasteiger partial charge in [0.05, 0.1) is 24.4 Å². The average Bonchev–Trinajstić information content (AvgIpc) is 2.92. The minimum absolute atomic E-state index is 0.000490. The molecule has 1 aromatic heterocycles. The average molecular weight is 344 g/mol. The first-order chi connectivity index (χ1) is 11.0. The van der Waals surface area contributed by atoms with Crippen molar-refractivity contribution in [3.05, 3.63) is 41.2 Å². The Kier molecular flexibility index (Phi) is 4.79. The molecule has 1 aliphatic heterocycles. The van der Waals surface area contributed by atoms with Crippen LogP contribution in [0.3, 0.4) is 0 Å². The Balaban J connectivity index is 1.74. The highest BCUT2D eigenvalue weighted by Gasteiger charge is 2.23. The quantitative estimate of drug-likeness (QED) is 0.926. The number of nitrogens with two attached hydrogens (primary N) is 1. The number of hydrogen-bond acceptors (Lipinski definition) is 4. The molecule has 124 valence electrons. The van der Waals surface area contributed by atoms with Crippen LogP contribution in [0.1, 0.15) is 6.42 Å². The van der Waals surface area contributed by atoms with E-state index < -0.39 is 11.6 Å². The third-order valence-electron chi connectivity index (χ3n) is 3.77. The van der Waals surface area contributed by atoms with Gasteiger partial charge in [0.1, 0.15) is 11.4 Å². The molecule has 0 unspecified atom stereocenters. The van der Waals surface area contributed by atoms with Crippen LogP contribution in [0, 0.1) is 17.6 Å². The van der Waals surface area contributed by atoms with Crippen LogP contribution < -0.4 is 10.5 Å². The predicted molar refractivity (Wildman–Crippen MR) is 80.9 cm³/mol. The van der Waals surface area contributed by atoms with E-state index in [1.807, 2.05) is 0 Å². The number of halogens is 3. The standard InChI is InChI=1S/C15H16ClF2N3O2/c16-10-5-20-21(6-10)15-12(17)3-11(4-13(15)18)23-8-9-7-22-2-1-14(9)19/h3-6,9,14H,1-2,7-8,19H2/t9-,14+/m1/s1. The summed E-state index contributed by atoms with van der Waals surface area (Å²) in [5, 5.41) is 4.08. The van der Waals surface area contributed by atoms with Gasteiger partial charge in [0.15, 0.2) is 11.6 Å². The van der Waals surface area contributed by atoms with Crippen molar-refractivity contribution >= 4 is 11.6 Å². The molecule has 0 radical (unpaired) electrons. The molecule has 2 atom stereocenters. The van der Waals surface area contributed by atoms with Gasteiger partial charge in [-0.05, 0) is 6.42 Å². The number of rotatable bonds is 4. The lowest BCUT2D eigenvalue weighted by molar-refractivity contribution is 0.0225. The Bertz CT molecular complexity index is 672. The zero-order valence-corrected chi connectivity index (χ0v) is 13.0. The van der Waals surface area contributed by atoms with Gasteiger partial charge in [0.2, 0.25) is 0 Å². The van der Waals surface area contributed by atoms with Gasteiger partial charge in [0, 0.05) is 36.9 Å². The van der Waals surface area contributed by atoms with Crippen molar-refractivity contribution < 1.29 is 18.3 Å². The molecule has 3 rings (SSSR count). The van der Waals surface area contributed by atoms with Crippen molar-refractivity contribution in [2.45, 2.75) is 12.5 Å². The largest absolute Gasteiger partial charge is 0.493 e. The minimum Gasteiger partial charge on any atom is -0.493 e. The molecule has 1 aliphatic rings. The first-order valence-electron chi connectivity index (χ1n) is 7.20. The lowest BCUT2D eigenvalue weighted by atomic mass is 9.98. The van der Waals surface area contributed by atoms with Gasteiger partial charge < -0.3 is 15.2 Å². The van der Waals surface area contributed by atoms with Gasteiger partial charge >= 0.3 is 0 Å². The number of benzene rings is 1. The van der Waals surface area contributed by atoms with Gasteiger partial charge in [-0.1, -0.05) is 11.6 Å². The molecule has 23 heavy (non-hydrogen) atoms. The molecule has 1 saturated heterocycles. The van der Waals surface area contributed by atoms with Crippen LogP contribution in [0.4, 0.5) is 8.78 Å². The fraction of sp³-hybridized carbons (Fsp3) is 0.400. The molecule has 5 nitrogen and oxygen atoms in total. The summed E-state index contributed by atoms with van der Waals surface area (Å²) >= 11 is 5.72. The molecule has 0 saturated carbocycles. The van der Waals surface area contributed by atoms with E-state index in [0.29, 0.717) is 13.2 Å². The van der Waals surface area contributed by atoms with Crippen molar-refractivity contribution in [2.75, 3.05) is 19.8 Å². The molecule has 0 aliphatic carbocycles. The van der Waals surface area contributed by atoms with E-state index in [1.165, 1.54) is 12.4 Å². The van der Waals surface area contributed by atoms with Crippen LogP contribution in [-0.4, -0.2) is 35.6 Å². The van der Waals surface area contributed by atoms with E-state index in [1.54, 1.807) is 0 Å². The summed E-state index contributed by atoms with van der Waals surface area (Å²) < 4.78 is 40.2. The maximum Gasteiger partial charge on any atom is 0.155 e. The van der Waals surface area contributed by atoms with Crippen LogP contribution in [-0.2, 0) is 4.74 Å². The summed E-state index contributed by atoms with van der Waals surface area (Å²) in [6, 6.07) is 2.19. The predicted octanol–water partition coefficient (Wildman–Crippen LogP) is 2.55. The lowest BCUT2D eigenvalue weighted by Crippen LogP contribution is -2.41. The normalized spacial score (nSPS) is 21.4. The highest BCUT2D eigenvalue weighted by atomic mass is 35.5. The zero-order valence-electron chi connectivity index (χ0n) is 12.2. The summed E-state index contributed by atoms with van der Waals surface area (Å²) in [6.45, 7) is 1.35. The fourth-order valence-corrected chi connectivity index (χ4v) is 2.59. The zero-order chi connectivity index (χ0) is 16.4. The van der Waals surface area contributed by atoms with Crippen LogP contribution >= 0.6 is 11.6 Å². The number of hydrogen-bond donors (Lipinski definition) is 1. The fourth-order valence-electron chi connectivity index (χ4n) is 2.46. The highest BCUT2D eigenvalue weighted by molar-refractivity contribution is 6.30.